The molecule has 2 fully saturated rings. The first-order chi connectivity index (χ1) is 12.7. The van der Waals surface area contributed by atoms with Crippen LogP contribution in [0, 0.1) is 0 Å². The summed E-state index contributed by atoms with van der Waals surface area (Å²) in [6, 6.07) is 1.67. The van der Waals surface area contributed by atoms with Crippen molar-refractivity contribution < 1.29 is 14.3 Å². The Balaban J connectivity index is 1.79. The molecular weight excluding hydrogens is 336 g/mol. The van der Waals surface area contributed by atoms with E-state index < -0.39 is 0 Å². The van der Waals surface area contributed by atoms with Gasteiger partial charge >= 0.3 is 0 Å². The van der Waals surface area contributed by atoms with Gasteiger partial charge in [0.2, 0.25) is 11.9 Å². The number of ether oxygens (including phenoxy) is 2. The summed E-state index contributed by atoms with van der Waals surface area (Å²) in [5.41, 5.74) is 0.343. The average Bonchev–Trinajstić information content (AvgIpc) is 2.65. The van der Waals surface area contributed by atoms with Crippen LogP contribution in [0.1, 0.15) is 37.8 Å². The molecule has 1 N–H and O–H groups in total. The highest BCUT2D eigenvalue weighted by atomic mass is 16.5. The number of hydrogen-bond donors (Lipinski definition) is 1. The molecule has 1 saturated heterocycles. The average molecular weight is 364 g/mol. The van der Waals surface area contributed by atoms with Crippen molar-refractivity contribution in [1.82, 2.24) is 14.9 Å². The summed E-state index contributed by atoms with van der Waals surface area (Å²) in [5, 5.41) is 3.07. The van der Waals surface area contributed by atoms with Gasteiger partial charge in [-0.1, -0.05) is 19.3 Å². The maximum absolute atomic E-state index is 12.6. The number of anilines is 1. The molecule has 1 aliphatic heterocycles. The molecular formula is C18H28N4O4. The van der Waals surface area contributed by atoms with Gasteiger partial charge in [0.1, 0.15) is 6.54 Å². The number of aromatic nitrogens is 2. The van der Waals surface area contributed by atoms with Crippen LogP contribution in [0.5, 0.6) is 0 Å². The Kier molecular flexibility index (Phi) is 6.62. The molecule has 26 heavy (non-hydrogen) atoms. The lowest BCUT2D eigenvalue weighted by molar-refractivity contribution is -0.122. The number of rotatable bonds is 6. The van der Waals surface area contributed by atoms with E-state index in [0.29, 0.717) is 37.9 Å². The Morgan fingerprint density at radius 1 is 1.31 bits per heavy atom. The number of carbonyl (C=O) groups is 1. The van der Waals surface area contributed by atoms with Gasteiger partial charge in [0.05, 0.1) is 25.5 Å². The van der Waals surface area contributed by atoms with Gasteiger partial charge in [0.25, 0.3) is 5.56 Å². The van der Waals surface area contributed by atoms with Crippen LogP contribution in [0.15, 0.2) is 10.9 Å². The van der Waals surface area contributed by atoms with Crippen molar-refractivity contribution in [1.29, 1.82) is 0 Å². The van der Waals surface area contributed by atoms with Crippen LogP contribution < -0.4 is 15.8 Å². The number of amides is 1. The van der Waals surface area contributed by atoms with Crippen molar-refractivity contribution in [3.8, 4) is 0 Å². The lowest BCUT2D eigenvalue weighted by Gasteiger charge is -2.30. The topological polar surface area (TPSA) is 85.7 Å². The van der Waals surface area contributed by atoms with E-state index in [1.54, 1.807) is 7.11 Å². The molecule has 2 aliphatic rings. The van der Waals surface area contributed by atoms with Crippen LogP contribution in [0.4, 0.5) is 5.95 Å². The van der Waals surface area contributed by atoms with Crippen molar-refractivity contribution in [2.45, 2.75) is 51.3 Å². The first kappa shape index (κ1) is 18.8. The van der Waals surface area contributed by atoms with Crippen LogP contribution in [-0.2, 0) is 27.4 Å². The largest absolute Gasteiger partial charge is 0.378 e. The van der Waals surface area contributed by atoms with E-state index in [0.717, 1.165) is 25.7 Å². The molecule has 8 heteroatoms. The highest BCUT2D eigenvalue weighted by Crippen LogP contribution is 2.17. The second kappa shape index (κ2) is 9.14. The number of hydrogen-bond acceptors (Lipinski definition) is 6. The van der Waals surface area contributed by atoms with Crippen LogP contribution >= 0.6 is 0 Å². The molecule has 1 aliphatic carbocycles. The molecule has 1 aromatic heterocycles. The Morgan fingerprint density at radius 2 is 2.04 bits per heavy atom. The van der Waals surface area contributed by atoms with Gasteiger partial charge in [0, 0.05) is 32.3 Å². The van der Waals surface area contributed by atoms with E-state index in [2.05, 4.69) is 10.3 Å². The third kappa shape index (κ3) is 4.82. The van der Waals surface area contributed by atoms with Crippen molar-refractivity contribution in [2.75, 3.05) is 38.3 Å². The standard InChI is InChI=1S/C18H28N4O4/c1-25-13-15-11-17(24)22(18(20-15)21-7-9-26-10-8-21)12-16(23)19-14-5-3-2-4-6-14/h11,14H,2-10,12-13H2,1H3,(H,19,23). The van der Waals surface area contributed by atoms with E-state index in [-0.39, 0.29) is 30.7 Å². The molecule has 0 radical (unpaired) electrons. The lowest BCUT2D eigenvalue weighted by Crippen LogP contribution is -2.44. The molecule has 0 spiro atoms. The smallest absolute Gasteiger partial charge is 0.255 e. The second-order valence-electron chi connectivity index (χ2n) is 6.91. The molecule has 1 amide bonds. The number of nitrogens with zero attached hydrogens (tertiary/aromatic N) is 3. The first-order valence-electron chi connectivity index (χ1n) is 9.39. The van der Waals surface area contributed by atoms with E-state index >= 15 is 0 Å². The number of nitrogens with one attached hydrogen (secondary N) is 1. The Bertz CT molecular complexity index is 664. The maximum atomic E-state index is 12.6. The third-order valence-electron chi connectivity index (χ3n) is 4.90. The van der Waals surface area contributed by atoms with Crippen LogP contribution in [0.25, 0.3) is 0 Å². The monoisotopic (exact) mass is 364 g/mol. The summed E-state index contributed by atoms with van der Waals surface area (Å²) in [4.78, 5) is 31.7. The number of methoxy groups -OCH3 is 1. The Morgan fingerprint density at radius 3 is 2.73 bits per heavy atom. The summed E-state index contributed by atoms with van der Waals surface area (Å²) in [6.07, 6.45) is 5.57. The van der Waals surface area contributed by atoms with Crippen molar-refractivity contribution in [3.63, 3.8) is 0 Å². The van der Waals surface area contributed by atoms with Crippen LogP contribution in [0.2, 0.25) is 0 Å². The van der Waals surface area contributed by atoms with E-state index in [1.165, 1.54) is 17.1 Å². The second-order valence-corrected chi connectivity index (χ2v) is 6.91. The summed E-state index contributed by atoms with van der Waals surface area (Å²) in [7, 11) is 1.57. The summed E-state index contributed by atoms with van der Waals surface area (Å²) in [5.74, 6) is 0.390. The molecule has 0 unspecified atom stereocenters. The number of carbonyl (C=O) groups excluding carboxylic acids is 1. The maximum Gasteiger partial charge on any atom is 0.255 e. The molecule has 144 valence electrons. The minimum atomic E-state index is -0.229. The summed E-state index contributed by atoms with van der Waals surface area (Å²) >= 11 is 0. The van der Waals surface area contributed by atoms with E-state index in [9.17, 15) is 9.59 Å². The quantitative estimate of drug-likeness (QED) is 0.799. The van der Waals surface area contributed by atoms with Gasteiger partial charge in [-0.05, 0) is 12.8 Å². The van der Waals surface area contributed by atoms with Gasteiger partial charge in [-0.2, -0.15) is 0 Å². The van der Waals surface area contributed by atoms with Crippen LogP contribution in [0.3, 0.4) is 0 Å². The predicted molar refractivity (Wildman–Crippen MR) is 97.3 cm³/mol. The van der Waals surface area contributed by atoms with Gasteiger partial charge < -0.3 is 19.7 Å². The van der Waals surface area contributed by atoms with Crippen LogP contribution in [-0.4, -0.2) is 54.9 Å². The first-order valence-corrected chi connectivity index (χ1v) is 9.39. The lowest BCUT2D eigenvalue weighted by atomic mass is 9.95. The zero-order valence-electron chi connectivity index (χ0n) is 15.4. The van der Waals surface area contributed by atoms with Crippen molar-refractivity contribution in [3.05, 3.63) is 22.1 Å². The van der Waals surface area contributed by atoms with Gasteiger partial charge in [0.15, 0.2) is 0 Å². The Labute approximate surface area is 153 Å². The predicted octanol–water partition coefficient (Wildman–Crippen LogP) is 0.675. The normalized spacial score (nSPS) is 18.7. The molecule has 2 heterocycles. The van der Waals surface area contributed by atoms with Gasteiger partial charge in [-0.3, -0.25) is 14.2 Å². The highest BCUT2D eigenvalue weighted by Gasteiger charge is 2.21. The number of morpholine rings is 1. The minimum Gasteiger partial charge on any atom is -0.378 e. The zero-order valence-corrected chi connectivity index (χ0v) is 15.4. The van der Waals surface area contributed by atoms with Gasteiger partial charge in [-0.15, -0.1) is 0 Å². The fourth-order valence-corrected chi connectivity index (χ4v) is 3.58. The third-order valence-corrected chi connectivity index (χ3v) is 4.90. The minimum absolute atomic E-state index is 0.0116. The highest BCUT2D eigenvalue weighted by molar-refractivity contribution is 5.76. The molecule has 1 saturated carbocycles. The van der Waals surface area contributed by atoms with Gasteiger partial charge in [-0.25, -0.2) is 4.98 Å². The molecule has 8 nitrogen and oxygen atoms in total. The fourth-order valence-electron chi connectivity index (χ4n) is 3.58. The van der Waals surface area contributed by atoms with Crippen molar-refractivity contribution >= 4 is 11.9 Å². The molecule has 3 rings (SSSR count). The van der Waals surface area contributed by atoms with E-state index in [1.807, 2.05) is 4.90 Å². The zero-order chi connectivity index (χ0) is 18.4. The summed E-state index contributed by atoms with van der Waals surface area (Å²) < 4.78 is 12.0. The SMILES string of the molecule is COCc1cc(=O)n(CC(=O)NC2CCCCC2)c(N2CCOCC2)n1. The van der Waals surface area contributed by atoms with Crippen molar-refractivity contribution in [2.24, 2.45) is 0 Å². The van der Waals surface area contributed by atoms with E-state index in [4.69, 9.17) is 9.47 Å². The molecule has 0 bridgehead atoms. The molecule has 1 aromatic rings. The molecule has 0 atom stereocenters. The fraction of sp³-hybridized carbons (Fsp3) is 0.722. The summed E-state index contributed by atoms with van der Waals surface area (Å²) in [6.45, 7) is 2.71. The Hall–Kier alpha value is -1.93. The molecule has 0 aromatic carbocycles.